The Balaban J connectivity index is 0.000000195. The van der Waals surface area contributed by atoms with Crippen LogP contribution in [0.25, 0.3) is 48.3 Å². The third-order valence-corrected chi connectivity index (χ3v) is 25.1. The number of thiophene rings is 2. The molecule has 121 heavy (non-hydrogen) atoms. The first-order valence-corrected chi connectivity index (χ1v) is 44.0. The number of aryl methyl sites for hydroxylation is 2. The predicted octanol–water partition coefficient (Wildman–Crippen LogP) is 14.1. The van der Waals surface area contributed by atoms with E-state index in [1.165, 1.54) is 80.8 Å². The van der Waals surface area contributed by atoms with Gasteiger partial charge in [-0.25, -0.2) is 19.9 Å². The molecule has 6 saturated heterocycles. The van der Waals surface area contributed by atoms with Crippen molar-refractivity contribution < 1.29 is 86.1 Å². The van der Waals surface area contributed by atoms with Crippen LogP contribution < -0.4 is 50.8 Å². The van der Waals surface area contributed by atoms with E-state index in [4.69, 9.17) is 40.1 Å². The van der Waals surface area contributed by atoms with Crippen molar-refractivity contribution >= 4 is 153 Å². The van der Waals surface area contributed by atoms with Gasteiger partial charge in [0, 0.05) is 132 Å². The molecular weight excluding hydrogens is 1670 g/mol. The zero-order chi connectivity index (χ0) is 85.9. The summed E-state index contributed by atoms with van der Waals surface area (Å²) in [6, 6.07) is 23.5. The van der Waals surface area contributed by atoms with E-state index in [2.05, 4.69) is 87.9 Å². The van der Waals surface area contributed by atoms with Crippen LogP contribution >= 0.6 is 57.5 Å². The molecule has 6 aliphatic heterocycles. The molecule has 9 aromatic rings. The van der Waals surface area contributed by atoms with Gasteiger partial charge in [0.2, 0.25) is 23.0 Å². The van der Waals surface area contributed by atoms with Gasteiger partial charge in [-0.3, -0.25) is 33.7 Å². The number of hydrogen-bond acceptors (Lipinski definition) is 19. The second-order valence-electron chi connectivity index (χ2n) is 30.7. The summed E-state index contributed by atoms with van der Waals surface area (Å²) in [4.78, 5) is 94.2. The van der Waals surface area contributed by atoms with Crippen molar-refractivity contribution in [1.29, 1.82) is 10.5 Å². The summed E-state index contributed by atoms with van der Waals surface area (Å²) in [5.41, 5.74) is 11.0. The molecule has 644 valence electrons. The number of amides is 3. The van der Waals surface area contributed by atoms with Crippen LogP contribution in [-0.4, -0.2) is 199 Å². The fourth-order valence-corrected chi connectivity index (χ4v) is 17.9. The molecule has 34 heteroatoms. The fourth-order valence-electron chi connectivity index (χ4n) is 15.7. The first-order chi connectivity index (χ1) is 57.8. The van der Waals surface area contributed by atoms with Gasteiger partial charge in [0.05, 0.1) is 35.6 Å². The number of hydrogen-bond donors (Lipinski definition) is 4. The van der Waals surface area contributed by atoms with Crippen LogP contribution in [0.3, 0.4) is 0 Å². The van der Waals surface area contributed by atoms with Crippen LogP contribution in [0, 0.1) is 43.4 Å². The number of piperidine rings is 6. The number of nitriles is 2. The van der Waals surface area contributed by atoms with Crippen molar-refractivity contribution in [3.63, 3.8) is 0 Å². The zero-order valence-corrected chi connectivity index (χ0v) is 74.8. The quantitative estimate of drug-likeness (QED) is 0.0230. The molecule has 3 amide bonds. The average Bonchev–Trinajstić information content (AvgIpc) is 1.62. The van der Waals surface area contributed by atoms with Crippen molar-refractivity contribution in [2.75, 3.05) is 101 Å². The Kier molecular flexibility index (Phi) is 38.1. The van der Waals surface area contributed by atoms with Crippen LogP contribution in [0.4, 0.5) is 38.0 Å². The van der Waals surface area contributed by atoms with E-state index in [1.54, 1.807) is 28.8 Å². The number of anilines is 2. The molecule has 0 radical (unpaired) electrons. The van der Waals surface area contributed by atoms with E-state index in [-0.39, 0.29) is 82.8 Å². The Morgan fingerprint density at radius 2 is 1.05 bits per heavy atom. The maximum atomic E-state index is 12.9. The third-order valence-electron chi connectivity index (χ3n) is 22.3. The first-order valence-electron chi connectivity index (χ1n) is 40.9. The van der Waals surface area contributed by atoms with E-state index >= 15 is 0 Å². The fraction of sp³-hybridized carbons (Fsp3) is 0.494. The summed E-state index contributed by atoms with van der Waals surface area (Å²) < 4.78 is 80.0. The number of nitrogens with zero attached hydrogens (tertiary/aromatic N) is 12. The molecule has 0 unspecified atom stereocenters. The third kappa shape index (κ3) is 28.5. The number of alkyl halides is 8. The Bertz CT molecular complexity index is 5100. The van der Waals surface area contributed by atoms with Crippen molar-refractivity contribution in [2.45, 2.75) is 187 Å². The maximum absolute atomic E-state index is 12.9. The molecule has 6 aromatic heterocycles. The average molecular weight is 1780 g/mol. The molecule has 4 N–H and O–H groups in total. The molecule has 0 bridgehead atoms. The van der Waals surface area contributed by atoms with Gasteiger partial charge in [0.25, 0.3) is 0 Å². The largest absolute Gasteiger partial charge is 1.00 e. The summed E-state index contributed by atoms with van der Waals surface area (Å²) in [5, 5.41) is 34.4. The minimum Gasteiger partial charge on any atom is -1.00 e. The number of allylic oxidation sites excluding steroid dienone is 1. The number of nitrogens with one attached hydrogen (secondary N) is 4. The molecule has 1 aliphatic carbocycles. The second kappa shape index (κ2) is 47.7. The van der Waals surface area contributed by atoms with E-state index in [9.17, 15) is 60.4 Å². The van der Waals surface area contributed by atoms with Gasteiger partial charge in [-0.2, -0.15) is 36.9 Å². The van der Waals surface area contributed by atoms with Crippen molar-refractivity contribution in [2.24, 2.45) is 0 Å². The molecule has 16 rings (SSSR count). The molecule has 3 aromatic carbocycles. The van der Waals surface area contributed by atoms with Crippen LogP contribution in [0.15, 0.2) is 85.1 Å². The Labute approximate surface area is 748 Å². The smallest absolute Gasteiger partial charge is 1.00 e. The molecule has 12 heterocycles. The summed E-state index contributed by atoms with van der Waals surface area (Å²) in [6.07, 6.45) is 17.0. The number of carbonyl (C=O) groups excluding carboxylic acids is 6. The number of carbonyl (C=O) groups is 6. The number of halogens is 9. The van der Waals surface area contributed by atoms with Gasteiger partial charge < -0.3 is 46.5 Å². The molecule has 0 saturated carbocycles. The van der Waals surface area contributed by atoms with Crippen molar-refractivity contribution in [3.05, 3.63) is 145 Å². The van der Waals surface area contributed by atoms with Gasteiger partial charge >= 0.3 is 41.9 Å². The second-order valence-corrected chi connectivity index (χ2v) is 33.9. The molecule has 0 atom stereocenters. The molecule has 7 aliphatic rings. The SMILES string of the molecule is C1CCNCC1.Cc1c(C=O)ccc2c1C=C(C#N)C2.Cc1c(C=O)ccc2c1cc(C#N)n2CC(=O)N1CCCCC1.Cc1c(CN2CCC(Nc3ncnc4sc(CC(F)(F)F)cc34)CC2)ccc2c1ccn2CC(=O)N1CCCCC1.FC(F)(F)Cc1cc2c(NC3CCNCC3)ncnc2s1.O=C(CCl)N1CCCCC1.O=C(Cl)CCl.[H-].[Na+]. The molecule has 0 spiro atoms. The topological polar surface area (TPSA) is 272 Å². The summed E-state index contributed by atoms with van der Waals surface area (Å²) in [6.45, 7) is 18.7. The molecular formula is C87H104Cl3F6N16NaO6S2. The van der Waals surface area contributed by atoms with E-state index in [1.807, 2.05) is 59.0 Å². The zero-order valence-electron chi connectivity index (χ0n) is 69.9. The van der Waals surface area contributed by atoms with Crippen molar-refractivity contribution in [1.82, 2.24) is 59.3 Å². The van der Waals surface area contributed by atoms with Gasteiger partial charge in [0.1, 0.15) is 77.3 Å². The standard InChI is InChI=1S/C30H35F3N6OS.C18H19N3O2.C13H15F3N4S.C12H9NO.C7H12ClNO.C5H11N.C2H2Cl2O.Na.H/c1-20-21(5-6-26-24(20)9-14-39(26)18-27(40)38-10-3-2-4-11-38)17-37-12-7-22(8-13-37)36-28-25-15-23(16-30(31,32)33)41-29(25)35-19-34-28;1-13-14(12-22)5-6-17-16(13)9-15(10-19)21(17)11-18(23)20-7-3-2-4-8-20;14-13(15,16)6-9-5-10-11(18-7-19-12(10)21-9)20-8-1-3-17-4-2-8;1-8-11(7-14)3-2-10-4-9(6-13)5-12(8)10;8-6-7(10)9-4-2-1-3-5-9;1-2-4-6-5-3-1;3-1-2(4)5;;/h5-6,9,14-15,19,22H,2-4,7-8,10-13,16-18H2,1H3,(H,34,35,36);5-6,9,12H,2-4,7-8,11H2,1H3;5,7-8,17H,1-4,6H2,(H,18,19,20);2-3,5,7H,4H2,1H3;1-6H2;6H,1-5H2;1H2;;/q;;;;;;;+1;-1. The van der Waals surface area contributed by atoms with Crippen LogP contribution in [0.1, 0.15) is 174 Å². The Morgan fingerprint density at radius 1 is 0.562 bits per heavy atom. The number of rotatable bonds is 16. The van der Waals surface area contributed by atoms with Crippen molar-refractivity contribution in [3.8, 4) is 12.1 Å². The number of likely N-dealkylation sites (tertiary alicyclic amines) is 4. The minimum absolute atomic E-state index is 0. The van der Waals surface area contributed by atoms with E-state index in [0.717, 1.165) is 216 Å². The number of benzene rings is 3. The molecule has 6 fully saturated rings. The van der Waals surface area contributed by atoms with Crippen LogP contribution in [-0.2, 0) is 58.1 Å². The van der Waals surface area contributed by atoms with Gasteiger partial charge in [0.15, 0.2) is 0 Å². The van der Waals surface area contributed by atoms with Gasteiger partial charge in [-0.05, 0) is 237 Å². The number of fused-ring (bicyclic) bond motifs is 5. The number of aromatic nitrogens is 6. The molecule has 22 nitrogen and oxygen atoms in total. The number of aldehydes is 2. The maximum Gasteiger partial charge on any atom is 1.00 e. The monoisotopic (exact) mass is 1770 g/mol. The summed E-state index contributed by atoms with van der Waals surface area (Å²) in [7, 11) is 0. The Hall–Kier alpha value is -8.11. The normalized spacial score (nSPS) is 16.3. The van der Waals surface area contributed by atoms with E-state index < -0.39 is 30.4 Å². The Morgan fingerprint density at radius 3 is 1.53 bits per heavy atom. The van der Waals surface area contributed by atoms with Gasteiger partial charge in [-0.1, -0.05) is 24.6 Å². The van der Waals surface area contributed by atoms with Crippen LogP contribution in [0.2, 0.25) is 0 Å². The van der Waals surface area contributed by atoms with E-state index in [0.29, 0.717) is 67.9 Å². The first kappa shape index (κ1) is 96.7. The minimum atomic E-state index is -4.24. The van der Waals surface area contributed by atoms with Crippen LogP contribution in [0.5, 0.6) is 0 Å². The summed E-state index contributed by atoms with van der Waals surface area (Å²) >= 11 is 17.1. The summed E-state index contributed by atoms with van der Waals surface area (Å²) in [5.74, 6) is 1.63. The van der Waals surface area contributed by atoms with Gasteiger partial charge in [-0.15, -0.1) is 45.9 Å². The predicted molar refractivity (Wildman–Crippen MR) is 465 cm³/mol.